The second-order valence-electron chi connectivity index (χ2n) is 7.68. The number of nitrogens with zero attached hydrogens (tertiary/aromatic N) is 1. The zero-order valence-electron chi connectivity index (χ0n) is 17.4. The fraction of sp³-hybridized carbons (Fsp3) is 0.455. The molecule has 1 aromatic heterocycles. The summed E-state index contributed by atoms with van der Waals surface area (Å²) in [6.45, 7) is 5.32. The minimum Gasteiger partial charge on any atom is -0.481 e. The van der Waals surface area contributed by atoms with Gasteiger partial charge in [0.25, 0.3) is 0 Å². The van der Waals surface area contributed by atoms with Crippen molar-refractivity contribution >= 4 is 47.7 Å². The molecular weight excluding hydrogens is 420 g/mol. The number of nitrogens with one attached hydrogen (secondary N) is 1. The van der Waals surface area contributed by atoms with Crippen LogP contribution in [-0.2, 0) is 14.4 Å². The van der Waals surface area contributed by atoms with E-state index in [0.717, 1.165) is 16.3 Å². The maximum Gasteiger partial charge on any atom is 0.307 e. The highest BCUT2D eigenvalue weighted by molar-refractivity contribution is 7.81. The first-order chi connectivity index (χ1) is 14.1. The first-order valence-electron chi connectivity index (χ1n) is 9.84. The average molecular weight is 449 g/mol. The van der Waals surface area contributed by atoms with Crippen LogP contribution in [-0.4, -0.2) is 32.5 Å². The molecule has 1 aliphatic heterocycles. The Kier molecular flexibility index (Phi) is 8.61. The molecule has 1 aromatic rings. The number of amides is 1. The fourth-order valence-electron chi connectivity index (χ4n) is 3.07. The van der Waals surface area contributed by atoms with Crippen molar-refractivity contribution in [1.29, 1.82) is 0 Å². The van der Waals surface area contributed by atoms with Crippen LogP contribution in [0.15, 0.2) is 35.3 Å². The van der Waals surface area contributed by atoms with Crippen LogP contribution in [0.25, 0.3) is 6.08 Å². The topological polar surface area (TPSA) is 96.4 Å². The van der Waals surface area contributed by atoms with Crippen molar-refractivity contribution in [2.45, 2.75) is 57.2 Å². The summed E-state index contributed by atoms with van der Waals surface area (Å²) in [5, 5.41) is 15.1. The van der Waals surface area contributed by atoms with E-state index < -0.39 is 16.6 Å². The van der Waals surface area contributed by atoms with Gasteiger partial charge in [0.05, 0.1) is 17.7 Å². The number of aromatic nitrogens is 1. The fourth-order valence-corrected chi connectivity index (χ4v) is 4.23. The molecular formula is C22H28N2O4S2. The van der Waals surface area contributed by atoms with Crippen LogP contribution in [0.5, 0.6) is 0 Å². The number of rotatable bonds is 2. The summed E-state index contributed by atoms with van der Waals surface area (Å²) < 4.78 is -1.02. The quantitative estimate of drug-likeness (QED) is 0.461. The molecule has 0 saturated heterocycles. The number of aliphatic carboxylic acids is 1. The van der Waals surface area contributed by atoms with Crippen LogP contribution in [0, 0.1) is 5.92 Å². The number of thiazole rings is 1. The molecule has 0 saturated carbocycles. The summed E-state index contributed by atoms with van der Waals surface area (Å²) in [4.78, 5) is 40.9. The van der Waals surface area contributed by atoms with Gasteiger partial charge in [-0.05, 0) is 38.8 Å². The molecule has 1 unspecified atom stereocenters. The van der Waals surface area contributed by atoms with Crippen molar-refractivity contribution in [1.82, 2.24) is 10.3 Å². The molecule has 8 heteroatoms. The van der Waals surface area contributed by atoms with Crippen molar-refractivity contribution in [2.75, 3.05) is 0 Å². The number of carboxylic acid groups (broad SMARTS) is 1. The zero-order valence-corrected chi connectivity index (χ0v) is 19.1. The molecule has 2 N–H and O–H groups in total. The maximum absolute atomic E-state index is 12.7. The van der Waals surface area contributed by atoms with Gasteiger partial charge in [-0.15, -0.1) is 11.3 Å². The molecule has 6 nitrogen and oxygen atoms in total. The van der Waals surface area contributed by atoms with Gasteiger partial charge in [-0.2, -0.15) is 12.6 Å². The minimum atomic E-state index is -1.02. The third kappa shape index (κ3) is 6.95. The zero-order chi connectivity index (χ0) is 22.3. The van der Waals surface area contributed by atoms with E-state index in [-0.39, 0.29) is 30.6 Å². The molecule has 162 valence electrons. The van der Waals surface area contributed by atoms with Crippen LogP contribution < -0.4 is 5.32 Å². The molecule has 2 bridgehead atoms. The van der Waals surface area contributed by atoms with Crippen molar-refractivity contribution in [3.05, 3.63) is 46.0 Å². The smallest absolute Gasteiger partial charge is 0.307 e. The second-order valence-corrected chi connectivity index (χ2v) is 9.46. The first-order valence-corrected chi connectivity index (χ1v) is 11.2. The average Bonchev–Trinajstić information content (AvgIpc) is 3.15. The molecule has 0 aliphatic carbocycles. The van der Waals surface area contributed by atoms with Crippen LogP contribution >= 0.6 is 24.0 Å². The van der Waals surface area contributed by atoms with E-state index in [4.69, 9.17) is 0 Å². The summed E-state index contributed by atoms with van der Waals surface area (Å²) in [5.74, 6) is -2.10. The Hall–Kier alpha value is -2.19. The van der Waals surface area contributed by atoms with Gasteiger partial charge in [0.15, 0.2) is 5.78 Å². The third-order valence-corrected chi connectivity index (χ3v) is 7.01. The van der Waals surface area contributed by atoms with E-state index >= 15 is 0 Å². The normalized spacial score (nSPS) is 28.9. The lowest BCUT2D eigenvalue weighted by atomic mass is 9.84. The molecule has 0 fully saturated rings. The predicted molar refractivity (Wildman–Crippen MR) is 123 cm³/mol. The largest absolute Gasteiger partial charge is 0.481 e. The summed E-state index contributed by atoms with van der Waals surface area (Å²) in [6, 6.07) is -0.306. The Labute approximate surface area is 186 Å². The van der Waals surface area contributed by atoms with Crippen LogP contribution in [0.4, 0.5) is 0 Å². The van der Waals surface area contributed by atoms with Crippen molar-refractivity contribution in [3.63, 3.8) is 0 Å². The number of fused-ring (bicyclic) bond motifs is 2. The minimum absolute atomic E-state index is 0.0249. The van der Waals surface area contributed by atoms with Crippen LogP contribution in [0.1, 0.15) is 63.2 Å². The van der Waals surface area contributed by atoms with Gasteiger partial charge in [-0.3, -0.25) is 14.4 Å². The SMILES string of the molecule is C/C1=C\CC(=O)/C=C/C=C\c2csc(n2)[C@@H](C)NC(=O)C[C@@](S)(C(C)C(=O)O)CC1. The van der Waals surface area contributed by atoms with Crippen molar-refractivity contribution in [3.8, 4) is 0 Å². The standard InChI is InChI=1S/C22H28N2O4S2/c1-14-8-9-18(25)7-5-4-6-17-13-30-20(24-17)16(3)23-19(26)12-22(29,11-10-14)15(2)21(27)28/h4-8,13,15-16,29H,9-12H2,1-3H3,(H,23,26)(H,27,28)/b6-4-,7-5+,14-8+/t15?,16-,22-/m1/s1. The Morgan fingerprint density at radius 3 is 2.77 bits per heavy atom. The number of carbonyl (C=O) groups is 3. The lowest BCUT2D eigenvalue weighted by Gasteiger charge is -2.32. The highest BCUT2D eigenvalue weighted by Crippen LogP contribution is 2.36. The number of thiol groups is 1. The number of hydrogen-bond donors (Lipinski definition) is 3. The van der Waals surface area contributed by atoms with Crippen molar-refractivity contribution < 1.29 is 19.5 Å². The van der Waals surface area contributed by atoms with Gasteiger partial charge in [0.2, 0.25) is 5.91 Å². The molecule has 1 aliphatic rings. The van der Waals surface area contributed by atoms with Crippen LogP contribution in [0.3, 0.4) is 0 Å². The monoisotopic (exact) mass is 448 g/mol. The van der Waals surface area contributed by atoms with E-state index in [9.17, 15) is 19.5 Å². The molecule has 0 spiro atoms. The number of carbonyl (C=O) groups excluding carboxylic acids is 2. The van der Waals surface area contributed by atoms with Gasteiger partial charge in [0.1, 0.15) is 5.01 Å². The summed E-state index contributed by atoms with van der Waals surface area (Å²) in [6.07, 6.45) is 9.82. The van der Waals surface area contributed by atoms with Gasteiger partial charge in [-0.1, -0.05) is 30.7 Å². The Morgan fingerprint density at radius 1 is 1.37 bits per heavy atom. The number of carboxylic acids is 1. The van der Waals surface area contributed by atoms with E-state index in [0.29, 0.717) is 12.8 Å². The Bertz CT molecular complexity index is 887. The summed E-state index contributed by atoms with van der Waals surface area (Å²) >= 11 is 6.09. The molecule has 0 aromatic carbocycles. The summed E-state index contributed by atoms with van der Waals surface area (Å²) in [7, 11) is 0. The highest BCUT2D eigenvalue weighted by atomic mass is 32.1. The lowest BCUT2D eigenvalue weighted by molar-refractivity contribution is -0.142. The highest BCUT2D eigenvalue weighted by Gasteiger charge is 2.39. The van der Waals surface area contributed by atoms with Crippen LogP contribution in [0.2, 0.25) is 0 Å². The maximum atomic E-state index is 12.7. The number of hydrogen-bond acceptors (Lipinski definition) is 6. The molecule has 1 amide bonds. The van der Waals surface area contributed by atoms with Gasteiger partial charge < -0.3 is 10.4 Å². The molecule has 30 heavy (non-hydrogen) atoms. The van der Waals surface area contributed by atoms with Gasteiger partial charge in [0, 0.05) is 23.0 Å². The third-order valence-electron chi connectivity index (χ3n) is 5.19. The number of ketones is 1. The Balaban J connectivity index is 2.32. The molecule has 2 rings (SSSR count). The van der Waals surface area contributed by atoms with E-state index in [1.807, 2.05) is 25.3 Å². The van der Waals surface area contributed by atoms with E-state index in [2.05, 4.69) is 22.9 Å². The van der Waals surface area contributed by atoms with E-state index in [1.54, 1.807) is 25.2 Å². The predicted octanol–water partition coefficient (Wildman–Crippen LogP) is 4.37. The lowest BCUT2D eigenvalue weighted by Crippen LogP contribution is -2.41. The second kappa shape index (κ2) is 10.7. The van der Waals surface area contributed by atoms with E-state index in [1.165, 1.54) is 17.4 Å². The molecule has 2 heterocycles. The molecule has 3 atom stereocenters. The van der Waals surface area contributed by atoms with Gasteiger partial charge in [-0.25, -0.2) is 4.98 Å². The van der Waals surface area contributed by atoms with Gasteiger partial charge >= 0.3 is 5.97 Å². The van der Waals surface area contributed by atoms with Crippen molar-refractivity contribution in [2.24, 2.45) is 5.92 Å². The number of allylic oxidation sites excluding steroid dienone is 5. The molecule has 0 radical (unpaired) electrons. The Morgan fingerprint density at radius 2 is 2.07 bits per heavy atom. The first kappa shape index (κ1) is 24.1. The summed E-state index contributed by atoms with van der Waals surface area (Å²) in [5.41, 5.74) is 1.71.